The lowest BCUT2D eigenvalue weighted by atomic mass is 10.1. The molecule has 0 amide bonds. The average molecular weight is 270 g/mol. The smallest absolute Gasteiger partial charge is 0.0634 e. The molecule has 2 atom stereocenters. The molecule has 4 nitrogen and oxygen atoms in total. The third kappa shape index (κ3) is 5.38. The summed E-state index contributed by atoms with van der Waals surface area (Å²) in [5.74, 6) is 0. The molecule has 0 bridgehead atoms. The van der Waals surface area contributed by atoms with Gasteiger partial charge in [0, 0.05) is 31.8 Å². The second kappa shape index (κ2) is 8.20. The van der Waals surface area contributed by atoms with E-state index in [1.807, 2.05) is 0 Å². The van der Waals surface area contributed by atoms with E-state index in [-0.39, 0.29) is 0 Å². The molecule has 2 aliphatic heterocycles. The molecule has 0 spiro atoms. The summed E-state index contributed by atoms with van der Waals surface area (Å²) in [7, 11) is 0. The SMILES string of the molecule is CC(C)NCC1COCCN1CCCC1CCCO1. The topological polar surface area (TPSA) is 33.7 Å². The Labute approximate surface area is 117 Å². The largest absolute Gasteiger partial charge is 0.378 e. The summed E-state index contributed by atoms with van der Waals surface area (Å²) in [5.41, 5.74) is 0. The Morgan fingerprint density at radius 3 is 2.95 bits per heavy atom. The summed E-state index contributed by atoms with van der Waals surface area (Å²) in [6.45, 7) is 10.4. The zero-order valence-corrected chi connectivity index (χ0v) is 12.6. The van der Waals surface area contributed by atoms with Gasteiger partial charge in [-0.3, -0.25) is 4.90 Å². The predicted molar refractivity (Wildman–Crippen MR) is 77.5 cm³/mol. The fourth-order valence-electron chi connectivity index (χ4n) is 2.94. The zero-order chi connectivity index (χ0) is 13.5. The lowest BCUT2D eigenvalue weighted by molar-refractivity contribution is -0.00968. The van der Waals surface area contributed by atoms with Crippen molar-refractivity contribution in [1.82, 2.24) is 10.2 Å². The number of rotatable bonds is 7. The maximum absolute atomic E-state index is 5.69. The van der Waals surface area contributed by atoms with Gasteiger partial charge < -0.3 is 14.8 Å². The van der Waals surface area contributed by atoms with Crippen molar-refractivity contribution in [1.29, 1.82) is 0 Å². The minimum absolute atomic E-state index is 0.535. The van der Waals surface area contributed by atoms with Crippen LogP contribution in [0.4, 0.5) is 0 Å². The lowest BCUT2D eigenvalue weighted by Crippen LogP contribution is -2.51. The van der Waals surface area contributed by atoms with E-state index in [0.717, 1.165) is 32.9 Å². The van der Waals surface area contributed by atoms with Gasteiger partial charge in [0.05, 0.1) is 19.3 Å². The molecule has 0 aromatic rings. The van der Waals surface area contributed by atoms with Crippen molar-refractivity contribution < 1.29 is 9.47 Å². The molecular weight excluding hydrogens is 240 g/mol. The first kappa shape index (κ1) is 15.2. The summed E-state index contributed by atoms with van der Waals surface area (Å²) in [5, 5.41) is 3.53. The highest BCUT2D eigenvalue weighted by Gasteiger charge is 2.23. The van der Waals surface area contributed by atoms with Gasteiger partial charge in [0.15, 0.2) is 0 Å². The van der Waals surface area contributed by atoms with Crippen molar-refractivity contribution >= 4 is 0 Å². The zero-order valence-electron chi connectivity index (χ0n) is 12.6. The van der Waals surface area contributed by atoms with E-state index in [0.29, 0.717) is 18.2 Å². The van der Waals surface area contributed by atoms with Crippen molar-refractivity contribution in [3.05, 3.63) is 0 Å². The fourth-order valence-corrected chi connectivity index (χ4v) is 2.94. The second-order valence-corrected chi connectivity index (χ2v) is 6.10. The van der Waals surface area contributed by atoms with E-state index in [9.17, 15) is 0 Å². The Balaban J connectivity index is 1.66. The van der Waals surface area contributed by atoms with Gasteiger partial charge in [0.2, 0.25) is 0 Å². The minimum Gasteiger partial charge on any atom is -0.378 e. The van der Waals surface area contributed by atoms with Crippen LogP contribution in [-0.4, -0.2) is 62.5 Å². The number of ether oxygens (including phenoxy) is 2. The van der Waals surface area contributed by atoms with E-state index in [2.05, 4.69) is 24.1 Å². The van der Waals surface area contributed by atoms with Crippen molar-refractivity contribution in [3.63, 3.8) is 0 Å². The Morgan fingerprint density at radius 2 is 2.21 bits per heavy atom. The van der Waals surface area contributed by atoms with Gasteiger partial charge in [0.25, 0.3) is 0 Å². The van der Waals surface area contributed by atoms with Gasteiger partial charge >= 0.3 is 0 Å². The summed E-state index contributed by atoms with van der Waals surface area (Å²) in [6.07, 6.45) is 5.53. The van der Waals surface area contributed by atoms with Crippen molar-refractivity contribution in [2.24, 2.45) is 0 Å². The molecule has 0 radical (unpaired) electrons. The molecule has 2 rings (SSSR count). The Morgan fingerprint density at radius 1 is 1.32 bits per heavy atom. The van der Waals surface area contributed by atoms with E-state index in [1.54, 1.807) is 0 Å². The fraction of sp³-hybridized carbons (Fsp3) is 1.00. The highest BCUT2D eigenvalue weighted by atomic mass is 16.5. The first-order valence-corrected chi connectivity index (χ1v) is 7.92. The van der Waals surface area contributed by atoms with Crippen LogP contribution in [0.3, 0.4) is 0 Å². The minimum atomic E-state index is 0.535. The summed E-state index contributed by atoms with van der Waals surface area (Å²) < 4.78 is 11.3. The molecule has 0 saturated carbocycles. The van der Waals surface area contributed by atoms with Crippen LogP contribution < -0.4 is 5.32 Å². The first-order chi connectivity index (χ1) is 9.25. The monoisotopic (exact) mass is 270 g/mol. The van der Waals surface area contributed by atoms with E-state index >= 15 is 0 Å². The highest BCUT2D eigenvalue weighted by molar-refractivity contribution is 4.78. The molecular formula is C15H30N2O2. The van der Waals surface area contributed by atoms with Gasteiger partial charge in [0.1, 0.15) is 0 Å². The summed E-state index contributed by atoms with van der Waals surface area (Å²) in [4.78, 5) is 2.59. The van der Waals surface area contributed by atoms with Crippen molar-refractivity contribution in [2.75, 3.05) is 39.5 Å². The molecule has 0 aliphatic carbocycles. The van der Waals surface area contributed by atoms with Crippen LogP contribution in [0.5, 0.6) is 0 Å². The molecule has 2 heterocycles. The van der Waals surface area contributed by atoms with Crippen molar-refractivity contribution in [2.45, 2.75) is 57.7 Å². The second-order valence-electron chi connectivity index (χ2n) is 6.10. The lowest BCUT2D eigenvalue weighted by Gasteiger charge is -2.36. The van der Waals surface area contributed by atoms with Crippen LogP contribution in [0.25, 0.3) is 0 Å². The van der Waals surface area contributed by atoms with Crippen LogP contribution >= 0.6 is 0 Å². The molecule has 1 N–H and O–H groups in total. The average Bonchev–Trinajstić information content (AvgIpc) is 2.91. The quantitative estimate of drug-likeness (QED) is 0.762. The molecule has 2 unspecified atom stereocenters. The molecule has 2 fully saturated rings. The molecule has 2 saturated heterocycles. The normalized spacial score (nSPS) is 29.2. The molecule has 19 heavy (non-hydrogen) atoms. The van der Waals surface area contributed by atoms with Gasteiger partial charge in [-0.25, -0.2) is 0 Å². The van der Waals surface area contributed by atoms with Crippen molar-refractivity contribution in [3.8, 4) is 0 Å². The highest BCUT2D eigenvalue weighted by Crippen LogP contribution is 2.17. The maximum Gasteiger partial charge on any atom is 0.0634 e. The molecule has 2 aliphatic rings. The molecule has 0 aromatic heterocycles. The number of hydrogen-bond donors (Lipinski definition) is 1. The third-order valence-corrected chi connectivity index (χ3v) is 4.11. The van der Waals surface area contributed by atoms with E-state index in [4.69, 9.17) is 9.47 Å². The van der Waals surface area contributed by atoms with Gasteiger partial charge in [-0.15, -0.1) is 0 Å². The van der Waals surface area contributed by atoms with E-state index < -0.39 is 0 Å². The first-order valence-electron chi connectivity index (χ1n) is 7.92. The van der Waals surface area contributed by atoms with E-state index in [1.165, 1.54) is 32.2 Å². The molecule has 4 heteroatoms. The van der Waals surface area contributed by atoms with Gasteiger partial charge in [-0.1, -0.05) is 13.8 Å². The van der Waals surface area contributed by atoms with Crippen LogP contribution in [0.1, 0.15) is 39.5 Å². The number of hydrogen-bond acceptors (Lipinski definition) is 4. The standard InChI is InChI=1S/C15H30N2O2/c1-13(2)16-11-14-12-18-10-8-17(14)7-3-5-15-6-4-9-19-15/h13-16H,3-12H2,1-2H3. The predicted octanol–water partition coefficient (Wildman–Crippen LogP) is 1.64. The van der Waals surface area contributed by atoms with Crippen LogP contribution in [0, 0.1) is 0 Å². The Hall–Kier alpha value is -0.160. The maximum atomic E-state index is 5.69. The van der Waals surface area contributed by atoms with Crippen LogP contribution in [0.15, 0.2) is 0 Å². The number of nitrogens with one attached hydrogen (secondary N) is 1. The number of nitrogens with zero attached hydrogens (tertiary/aromatic N) is 1. The summed E-state index contributed by atoms with van der Waals surface area (Å²) in [6, 6.07) is 1.09. The van der Waals surface area contributed by atoms with Gasteiger partial charge in [-0.05, 0) is 32.2 Å². The number of morpholine rings is 1. The van der Waals surface area contributed by atoms with Crippen LogP contribution in [-0.2, 0) is 9.47 Å². The Kier molecular flexibility index (Phi) is 6.57. The Bertz CT molecular complexity index is 242. The molecule has 0 aromatic carbocycles. The summed E-state index contributed by atoms with van der Waals surface area (Å²) >= 11 is 0. The molecule has 112 valence electrons. The van der Waals surface area contributed by atoms with Crippen LogP contribution in [0.2, 0.25) is 0 Å². The van der Waals surface area contributed by atoms with Gasteiger partial charge in [-0.2, -0.15) is 0 Å². The third-order valence-electron chi connectivity index (χ3n) is 4.11.